The van der Waals surface area contributed by atoms with Crippen molar-refractivity contribution in [2.24, 2.45) is 0 Å². The molecule has 0 aliphatic carbocycles. The van der Waals surface area contributed by atoms with Crippen molar-refractivity contribution in [1.29, 1.82) is 0 Å². The molecule has 1 aromatic heterocycles. The first-order valence-corrected chi connectivity index (χ1v) is 7.73. The van der Waals surface area contributed by atoms with Crippen LogP contribution in [0.25, 0.3) is 0 Å². The van der Waals surface area contributed by atoms with Gasteiger partial charge in [0, 0.05) is 17.8 Å². The van der Waals surface area contributed by atoms with E-state index in [1.807, 2.05) is 36.5 Å². The summed E-state index contributed by atoms with van der Waals surface area (Å²) in [6.07, 6.45) is 1.81. The van der Waals surface area contributed by atoms with Crippen molar-refractivity contribution < 1.29 is 14.3 Å². The Balaban J connectivity index is 1.64. The molecule has 0 bridgehead atoms. The SMILES string of the molecule is COC(=O)c1ccc(C(=O)Nc2ccn(Cc3ccccc3)n2)cc1. The predicted molar refractivity (Wildman–Crippen MR) is 93.5 cm³/mol. The molecule has 0 saturated carbocycles. The van der Waals surface area contributed by atoms with Gasteiger partial charge in [-0.1, -0.05) is 30.3 Å². The van der Waals surface area contributed by atoms with Crippen molar-refractivity contribution in [3.8, 4) is 0 Å². The summed E-state index contributed by atoms with van der Waals surface area (Å²) in [6, 6.07) is 17.9. The third-order valence-corrected chi connectivity index (χ3v) is 3.64. The molecule has 0 unspecified atom stereocenters. The van der Waals surface area contributed by atoms with E-state index in [-0.39, 0.29) is 5.91 Å². The smallest absolute Gasteiger partial charge is 0.337 e. The van der Waals surface area contributed by atoms with Gasteiger partial charge in [0.25, 0.3) is 5.91 Å². The lowest BCUT2D eigenvalue weighted by Crippen LogP contribution is -2.13. The molecule has 6 nitrogen and oxygen atoms in total. The van der Waals surface area contributed by atoms with Gasteiger partial charge in [0.05, 0.1) is 19.2 Å². The van der Waals surface area contributed by atoms with Crippen LogP contribution in [0.15, 0.2) is 66.9 Å². The van der Waals surface area contributed by atoms with E-state index in [9.17, 15) is 9.59 Å². The van der Waals surface area contributed by atoms with E-state index in [0.717, 1.165) is 5.56 Å². The van der Waals surface area contributed by atoms with Crippen LogP contribution in [0.3, 0.4) is 0 Å². The van der Waals surface area contributed by atoms with Crippen LogP contribution in [0.2, 0.25) is 0 Å². The van der Waals surface area contributed by atoms with Crippen molar-refractivity contribution in [2.45, 2.75) is 6.54 Å². The third kappa shape index (κ3) is 4.11. The Morgan fingerprint density at radius 3 is 2.36 bits per heavy atom. The second-order valence-corrected chi connectivity index (χ2v) is 5.41. The summed E-state index contributed by atoms with van der Waals surface area (Å²) in [5, 5.41) is 7.08. The number of amides is 1. The number of nitrogens with zero attached hydrogens (tertiary/aromatic N) is 2. The van der Waals surface area contributed by atoms with Crippen LogP contribution >= 0.6 is 0 Å². The first-order valence-electron chi connectivity index (χ1n) is 7.73. The number of anilines is 1. The van der Waals surface area contributed by atoms with Gasteiger partial charge in [-0.3, -0.25) is 9.48 Å². The van der Waals surface area contributed by atoms with E-state index >= 15 is 0 Å². The number of carbonyl (C=O) groups excluding carboxylic acids is 2. The van der Waals surface area contributed by atoms with E-state index in [1.165, 1.54) is 7.11 Å². The molecule has 2 aromatic carbocycles. The summed E-state index contributed by atoms with van der Waals surface area (Å²) in [4.78, 5) is 23.7. The fourth-order valence-corrected chi connectivity index (χ4v) is 2.35. The summed E-state index contributed by atoms with van der Waals surface area (Å²) >= 11 is 0. The minimum atomic E-state index is -0.438. The van der Waals surface area contributed by atoms with Gasteiger partial charge >= 0.3 is 5.97 Å². The molecule has 1 N–H and O–H groups in total. The fraction of sp³-hybridized carbons (Fsp3) is 0.105. The molecule has 6 heteroatoms. The van der Waals surface area contributed by atoms with Crippen LogP contribution in [0.4, 0.5) is 5.82 Å². The predicted octanol–water partition coefficient (Wildman–Crippen LogP) is 2.97. The number of aromatic nitrogens is 2. The zero-order chi connectivity index (χ0) is 17.6. The number of esters is 1. The summed E-state index contributed by atoms with van der Waals surface area (Å²) in [5.41, 5.74) is 1.96. The maximum absolute atomic E-state index is 12.3. The Kier molecular flexibility index (Phi) is 4.89. The van der Waals surface area contributed by atoms with Gasteiger partial charge in [-0.25, -0.2) is 4.79 Å². The molecule has 0 aliphatic rings. The molecule has 0 fully saturated rings. The molecule has 3 rings (SSSR count). The molecule has 3 aromatic rings. The molecule has 1 heterocycles. The number of hydrogen-bond donors (Lipinski definition) is 1. The number of methoxy groups -OCH3 is 1. The number of hydrogen-bond acceptors (Lipinski definition) is 4. The van der Waals surface area contributed by atoms with E-state index in [0.29, 0.717) is 23.5 Å². The highest BCUT2D eigenvalue weighted by atomic mass is 16.5. The summed E-state index contributed by atoms with van der Waals surface area (Å²) in [5.74, 6) is -0.258. The topological polar surface area (TPSA) is 73.2 Å². The molecule has 0 saturated heterocycles. The van der Waals surface area contributed by atoms with Crippen LogP contribution in [0.5, 0.6) is 0 Å². The average Bonchev–Trinajstić information content (AvgIpc) is 3.08. The van der Waals surface area contributed by atoms with Crippen molar-refractivity contribution >= 4 is 17.7 Å². The largest absolute Gasteiger partial charge is 0.465 e. The van der Waals surface area contributed by atoms with Gasteiger partial charge in [0.15, 0.2) is 5.82 Å². The van der Waals surface area contributed by atoms with Crippen LogP contribution in [-0.4, -0.2) is 28.8 Å². The van der Waals surface area contributed by atoms with Crippen LogP contribution in [-0.2, 0) is 11.3 Å². The Labute approximate surface area is 145 Å². The second-order valence-electron chi connectivity index (χ2n) is 5.41. The molecule has 25 heavy (non-hydrogen) atoms. The lowest BCUT2D eigenvalue weighted by atomic mass is 10.1. The van der Waals surface area contributed by atoms with Gasteiger partial charge in [0.1, 0.15) is 0 Å². The van der Waals surface area contributed by atoms with Gasteiger partial charge in [-0.05, 0) is 29.8 Å². The molecule has 0 atom stereocenters. The molecule has 126 valence electrons. The third-order valence-electron chi connectivity index (χ3n) is 3.64. The van der Waals surface area contributed by atoms with Gasteiger partial charge in [0.2, 0.25) is 0 Å². The molecule has 1 amide bonds. The monoisotopic (exact) mass is 335 g/mol. The quantitative estimate of drug-likeness (QED) is 0.728. The Morgan fingerprint density at radius 2 is 1.68 bits per heavy atom. The first-order chi connectivity index (χ1) is 12.2. The summed E-state index contributed by atoms with van der Waals surface area (Å²) < 4.78 is 6.39. The van der Waals surface area contributed by atoms with Crippen molar-refractivity contribution in [1.82, 2.24) is 9.78 Å². The van der Waals surface area contributed by atoms with Crippen LogP contribution in [0.1, 0.15) is 26.3 Å². The van der Waals surface area contributed by atoms with Gasteiger partial charge < -0.3 is 10.1 Å². The average molecular weight is 335 g/mol. The number of ether oxygens (including phenoxy) is 1. The molecule has 0 spiro atoms. The highest BCUT2D eigenvalue weighted by Crippen LogP contribution is 2.10. The highest BCUT2D eigenvalue weighted by molar-refractivity contribution is 6.04. The number of rotatable bonds is 5. The lowest BCUT2D eigenvalue weighted by molar-refractivity contribution is 0.0600. The number of carbonyl (C=O) groups is 2. The maximum atomic E-state index is 12.3. The molecule has 0 radical (unpaired) electrons. The molecular weight excluding hydrogens is 318 g/mol. The minimum absolute atomic E-state index is 0.290. The first kappa shape index (κ1) is 16.4. The minimum Gasteiger partial charge on any atom is -0.465 e. The Hall–Kier alpha value is -3.41. The van der Waals surface area contributed by atoms with Crippen molar-refractivity contribution in [2.75, 3.05) is 12.4 Å². The lowest BCUT2D eigenvalue weighted by Gasteiger charge is -2.04. The second kappa shape index (κ2) is 7.44. The van der Waals surface area contributed by atoms with Crippen LogP contribution in [0, 0.1) is 0 Å². The standard InChI is InChI=1S/C19H17N3O3/c1-25-19(24)16-9-7-15(8-10-16)18(23)20-17-11-12-22(21-17)13-14-5-3-2-4-6-14/h2-12H,13H2,1H3,(H,20,21,23). The molecular formula is C19H17N3O3. The van der Waals surface area contributed by atoms with Gasteiger partial charge in [-0.2, -0.15) is 5.10 Å². The van der Waals surface area contributed by atoms with E-state index in [1.54, 1.807) is 35.0 Å². The van der Waals surface area contributed by atoms with E-state index < -0.39 is 5.97 Å². The number of benzene rings is 2. The Bertz CT molecular complexity index is 870. The highest BCUT2D eigenvalue weighted by Gasteiger charge is 2.10. The zero-order valence-electron chi connectivity index (χ0n) is 13.7. The summed E-state index contributed by atoms with van der Waals surface area (Å²) in [6.45, 7) is 0.630. The summed E-state index contributed by atoms with van der Waals surface area (Å²) in [7, 11) is 1.31. The zero-order valence-corrected chi connectivity index (χ0v) is 13.7. The maximum Gasteiger partial charge on any atom is 0.337 e. The van der Waals surface area contributed by atoms with E-state index in [2.05, 4.69) is 15.2 Å². The normalized spacial score (nSPS) is 10.3. The van der Waals surface area contributed by atoms with Crippen molar-refractivity contribution in [3.05, 3.63) is 83.6 Å². The fourth-order valence-electron chi connectivity index (χ4n) is 2.35. The van der Waals surface area contributed by atoms with Crippen molar-refractivity contribution in [3.63, 3.8) is 0 Å². The Morgan fingerprint density at radius 1 is 1.00 bits per heavy atom. The number of nitrogens with one attached hydrogen (secondary N) is 1. The molecule has 0 aliphatic heterocycles. The van der Waals surface area contributed by atoms with Gasteiger partial charge in [-0.15, -0.1) is 0 Å². The van der Waals surface area contributed by atoms with Crippen LogP contribution < -0.4 is 5.32 Å². The van der Waals surface area contributed by atoms with E-state index in [4.69, 9.17) is 0 Å².